The van der Waals surface area contributed by atoms with E-state index in [0.29, 0.717) is 11.6 Å². The second kappa shape index (κ2) is 3.83. The van der Waals surface area contributed by atoms with E-state index in [1.165, 1.54) is 6.34 Å². The van der Waals surface area contributed by atoms with Crippen LogP contribution in [0, 0.1) is 5.41 Å². The molecule has 2 aromatic rings. The highest BCUT2D eigenvalue weighted by atomic mass is 15.0. The second-order valence-electron chi connectivity index (χ2n) is 2.85. The Kier molecular flexibility index (Phi) is 2.37. The van der Waals surface area contributed by atoms with Crippen molar-refractivity contribution in [3.8, 4) is 0 Å². The summed E-state index contributed by atoms with van der Waals surface area (Å²) in [6.07, 6.45) is 2.27. The number of nitrogens with one attached hydrogen (secondary N) is 1. The summed E-state index contributed by atoms with van der Waals surface area (Å²) < 4.78 is 0. The molecule has 1 aromatic heterocycles. The summed E-state index contributed by atoms with van der Waals surface area (Å²) in [6, 6.07) is 7.47. The van der Waals surface area contributed by atoms with Crippen LogP contribution in [-0.4, -0.2) is 22.5 Å². The molecule has 0 radical (unpaired) electrons. The molecule has 3 N–H and O–H groups in total. The van der Waals surface area contributed by atoms with E-state index in [-0.39, 0.29) is 0 Å². The van der Waals surface area contributed by atoms with Gasteiger partial charge in [0, 0.05) is 5.39 Å². The van der Waals surface area contributed by atoms with E-state index in [1.54, 1.807) is 0 Å². The molecule has 0 spiro atoms. The van der Waals surface area contributed by atoms with E-state index < -0.39 is 0 Å². The molecule has 0 unspecified atom stereocenters. The molecule has 2 rings (SSSR count). The van der Waals surface area contributed by atoms with Crippen molar-refractivity contribution in [2.45, 2.75) is 0 Å². The molecule has 1 aromatic carbocycles. The van der Waals surface area contributed by atoms with E-state index in [4.69, 9.17) is 11.1 Å². The molecule has 15 heavy (non-hydrogen) atoms. The van der Waals surface area contributed by atoms with Crippen molar-refractivity contribution in [2.75, 3.05) is 0 Å². The fourth-order valence-corrected chi connectivity index (χ4v) is 1.31. The van der Waals surface area contributed by atoms with Gasteiger partial charge in [0.05, 0.1) is 18.1 Å². The Hall–Kier alpha value is -2.30. The minimum Gasteiger partial charge on any atom is -0.390 e. The molecule has 5 nitrogen and oxygen atoms in total. The predicted molar refractivity (Wildman–Crippen MR) is 59.8 cm³/mol. The normalized spacial score (nSPS) is 10.9. The Morgan fingerprint density at radius 1 is 1.27 bits per heavy atom. The highest BCUT2D eigenvalue weighted by Gasteiger charge is 2.03. The lowest BCUT2D eigenvalue weighted by atomic mass is 10.2. The third-order valence-corrected chi connectivity index (χ3v) is 1.93. The number of fused-ring (bicyclic) bond motifs is 1. The Morgan fingerprint density at radius 3 is 2.80 bits per heavy atom. The molecular formula is C10H9N5. The van der Waals surface area contributed by atoms with Crippen LogP contribution in [0.4, 0.5) is 5.82 Å². The van der Waals surface area contributed by atoms with Gasteiger partial charge in [-0.3, -0.25) is 0 Å². The lowest BCUT2D eigenvalue weighted by Crippen LogP contribution is -1.95. The Labute approximate surface area is 86.2 Å². The zero-order valence-electron chi connectivity index (χ0n) is 7.88. The number of aliphatic imine (C=N–C) groups is 1. The molecule has 74 valence electrons. The van der Waals surface area contributed by atoms with Crippen molar-refractivity contribution in [3.63, 3.8) is 0 Å². The second-order valence-corrected chi connectivity index (χ2v) is 2.85. The summed E-state index contributed by atoms with van der Waals surface area (Å²) >= 11 is 0. The van der Waals surface area contributed by atoms with Gasteiger partial charge in [0.1, 0.15) is 0 Å². The van der Waals surface area contributed by atoms with Crippen LogP contribution < -0.4 is 5.73 Å². The van der Waals surface area contributed by atoms with E-state index in [2.05, 4.69) is 15.0 Å². The van der Waals surface area contributed by atoms with Gasteiger partial charge in [-0.05, 0) is 12.1 Å². The van der Waals surface area contributed by atoms with Gasteiger partial charge < -0.3 is 11.1 Å². The van der Waals surface area contributed by atoms with Gasteiger partial charge in [0.2, 0.25) is 0 Å². The molecule has 0 fully saturated rings. The average molecular weight is 199 g/mol. The number of hydrogen-bond donors (Lipinski definition) is 2. The molecule has 0 aliphatic carbocycles. The maximum atomic E-state index is 7.11. The first kappa shape index (κ1) is 9.26. The van der Waals surface area contributed by atoms with Gasteiger partial charge >= 0.3 is 0 Å². The van der Waals surface area contributed by atoms with Gasteiger partial charge in [-0.1, -0.05) is 12.1 Å². The first-order chi connectivity index (χ1) is 7.35. The number of hydrogen-bond acceptors (Lipinski definition) is 4. The van der Waals surface area contributed by atoms with Crippen molar-refractivity contribution in [3.05, 3.63) is 30.1 Å². The van der Waals surface area contributed by atoms with Gasteiger partial charge in [-0.25, -0.2) is 15.0 Å². The van der Waals surface area contributed by atoms with Crippen LogP contribution >= 0.6 is 0 Å². The first-order valence-corrected chi connectivity index (χ1v) is 4.36. The van der Waals surface area contributed by atoms with E-state index in [9.17, 15) is 0 Å². The molecule has 0 saturated carbocycles. The van der Waals surface area contributed by atoms with Crippen LogP contribution in [0.5, 0.6) is 0 Å². The van der Waals surface area contributed by atoms with E-state index >= 15 is 0 Å². The zero-order valence-corrected chi connectivity index (χ0v) is 7.88. The standard InChI is InChI=1S/C10H9N5/c11-5-9-14-8-4-2-1-3-7(8)10(15-9)13-6-12/h1-6,11H,(H2,12,13,14,15). The number of nitrogens with zero attached hydrogens (tertiary/aromatic N) is 3. The highest BCUT2D eigenvalue weighted by Crippen LogP contribution is 2.21. The lowest BCUT2D eigenvalue weighted by Gasteiger charge is -2.01. The average Bonchev–Trinajstić information content (AvgIpc) is 2.29. The number of benzene rings is 1. The fraction of sp³-hybridized carbons (Fsp3) is 0. The van der Waals surface area contributed by atoms with Crippen LogP contribution in [-0.2, 0) is 0 Å². The van der Waals surface area contributed by atoms with Crippen LogP contribution in [0.2, 0.25) is 0 Å². The Morgan fingerprint density at radius 2 is 2.07 bits per heavy atom. The maximum Gasteiger partial charge on any atom is 0.172 e. The first-order valence-electron chi connectivity index (χ1n) is 4.36. The largest absolute Gasteiger partial charge is 0.390 e. The van der Waals surface area contributed by atoms with Crippen molar-refractivity contribution >= 4 is 29.3 Å². The topological polar surface area (TPSA) is 88.0 Å². The molecule has 1 heterocycles. The smallest absolute Gasteiger partial charge is 0.172 e. The summed E-state index contributed by atoms with van der Waals surface area (Å²) in [5.41, 5.74) is 5.99. The quantitative estimate of drug-likeness (QED) is 0.563. The highest BCUT2D eigenvalue weighted by molar-refractivity contribution is 5.91. The molecule has 0 saturated heterocycles. The number of para-hydroxylation sites is 1. The van der Waals surface area contributed by atoms with E-state index in [1.807, 2.05) is 24.3 Å². The molecule has 0 aliphatic heterocycles. The molecule has 5 heteroatoms. The van der Waals surface area contributed by atoms with Gasteiger partial charge in [-0.2, -0.15) is 0 Å². The minimum absolute atomic E-state index is 0.328. The molecule has 0 aliphatic rings. The third-order valence-electron chi connectivity index (χ3n) is 1.93. The van der Waals surface area contributed by atoms with Crippen molar-refractivity contribution in [1.29, 1.82) is 5.41 Å². The fourth-order valence-electron chi connectivity index (χ4n) is 1.31. The summed E-state index contributed by atoms with van der Waals surface area (Å²) in [7, 11) is 0. The summed E-state index contributed by atoms with van der Waals surface area (Å²) in [5, 5.41) is 7.94. The predicted octanol–water partition coefficient (Wildman–Crippen LogP) is 1.25. The zero-order chi connectivity index (χ0) is 10.7. The monoisotopic (exact) mass is 199 g/mol. The number of nitrogens with two attached hydrogens (primary N) is 1. The SMILES string of the molecule is N=Cc1nc(N=CN)c2ccccc2n1. The molecule has 0 atom stereocenters. The minimum atomic E-state index is 0.328. The summed E-state index contributed by atoms with van der Waals surface area (Å²) in [5.74, 6) is 0.816. The van der Waals surface area contributed by atoms with Crippen LogP contribution in [0.25, 0.3) is 10.9 Å². The Balaban J connectivity index is 2.79. The molecule has 0 amide bonds. The van der Waals surface area contributed by atoms with E-state index in [0.717, 1.165) is 17.1 Å². The van der Waals surface area contributed by atoms with Crippen LogP contribution in [0.1, 0.15) is 5.82 Å². The summed E-state index contributed by atoms with van der Waals surface area (Å²) in [4.78, 5) is 12.2. The third kappa shape index (κ3) is 1.67. The van der Waals surface area contributed by atoms with Crippen molar-refractivity contribution in [2.24, 2.45) is 10.7 Å². The molecular weight excluding hydrogens is 190 g/mol. The van der Waals surface area contributed by atoms with Crippen LogP contribution in [0.15, 0.2) is 29.3 Å². The van der Waals surface area contributed by atoms with Gasteiger partial charge in [0.25, 0.3) is 0 Å². The summed E-state index contributed by atoms with van der Waals surface area (Å²) in [6.45, 7) is 0. The molecule has 0 bridgehead atoms. The number of rotatable bonds is 2. The van der Waals surface area contributed by atoms with Gasteiger partial charge in [-0.15, -0.1) is 0 Å². The van der Waals surface area contributed by atoms with Crippen molar-refractivity contribution < 1.29 is 0 Å². The maximum absolute atomic E-state index is 7.11. The van der Waals surface area contributed by atoms with Crippen LogP contribution in [0.3, 0.4) is 0 Å². The van der Waals surface area contributed by atoms with Gasteiger partial charge in [0.15, 0.2) is 11.6 Å². The number of aromatic nitrogens is 2. The van der Waals surface area contributed by atoms with Crippen molar-refractivity contribution in [1.82, 2.24) is 9.97 Å². The Bertz CT molecular complexity index is 532. The lowest BCUT2D eigenvalue weighted by molar-refractivity contribution is 1.17.